The Hall–Kier alpha value is -2.10. The fourth-order valence-electron chi connectivity index (χ4n) is 1.74. The van der Waals surface area contributed by atoms with Crippen molar-refractivity contribution in [3.8, 4) is 5.75 Å². The van der Waals surface area contributed by atoms with Crippen LogP contribution in [-0.4, -0.2) is 22.1 Å². The minimum atomic E-state index is 0.840. The summed E-state index contributed by atoms with van der Waals surface area (Å²) in [5.74, 6) is 0.840. The predicted octanol–water partition coefficient (Wildman–Crippen LogP) is 2.12. The number of ether oxygens (including phenoxy) is 1. The lowest BCUT2D eigenvalue weighted by molar-refractivity contribution is 0.415. The second-order valence-electron chi connectivity index (χ2n) is 3.32. The van der Waals surface area contributed by atoms with Crippen LogP contribution in [-0.2, 0) is 0 Å². The van der Waals surface area contributed by atoms with Gasteiger partial charge in [-0.25, -0.2) is 9.97 Å². The summed E-state index contributed by atoms with van der Waals surface area (Å²) in [5, 5.41) is 2.11. The molecule has 0 aliphatic rings. The fraction of sp³-hybridized carbons (Fsp3) is 0.0909. The average Bonchev–Trinajstić information content (AvgIpc) is 2.66. The first kappa shape index (κ1) is 8.23. The van der Waals surface area contributed by atoms with Gasteiger partial charge in [-0.3, -0.25) is 0 Å². The summed E-state index contributed by atoms with van der Waals surface area (Å²) in [6, 6.07) is 5.89. The number of aromatic amines is 1. The van der Waals surface area contributed by atoms with Crippen LogP contribution in [0.1, 0.15) is 0 Å². The number of H-pyrrole nitrogens is 1. The van der Waals surface area contributed by atoms with Crippen LogP contribution in [0.25, 0.3) is 21.9 Å². The van der Waals surface area contributed by atoms with Crippen molar-refractivity contribution in [2.75, 3.05) is 7.11 Å². The highest BCUT2D eigenvalue weighted by Crippen LogP contribution is 2.26. The van der Waals surface area contributed by atoms with Gasteiger partial charge in [0.25, 0.3) is 0 Å². The van der Waals surface area contributed by atoms with E-state index in [1.54, 1.807) is 13.3 Å². The third-order valence-corrected chi connectivity index (χ3v) is 2.48. The molecule has 3 rings (SSSR count). The molecule has 1 aromatic carbocycles. The van der Waals surface area contributed by atoms with Crippen LogP contribution in [0.5, 0.6) is 5.75 Å². The van der Waals surface area contributed by atoms with Crippen LogP contribution < -0.4 is 4.74 Å². The van der Waals surface area contributed by atoms with Crippen molar-refractivity contribution in [2.24, 2.45) is 0 Å². The summed E-state index contributed by atoms with van der Waals surface area (Å²) >= 11 is 0. The maximum absolute atomic E-state index is 5.19. The molecule has 0 saturated heterocycles. The number of methoxy groups -OCH3 is 1. The zero-order valence-corrected chi connectivity index (χ0v) is 8.19. The standard InChI is InChI=1S/C11H9N3O/c1-15-7-2-3-10-8(4-7)9-5-12-6-13-11(9)14-10/h2-6H,1H3,(H,12,13,14). The Balaban J connectivity index is 2.46. The van der Waals surface area contributed by atoms with E-state index in [4.69, 9.17) is 4.74 Å². The zero-order chi connectivity index (χ0) is 10.3. The highest BCUT2D eigenvalue weighted by Gasteiger charge is 2.05. The van der Waals surface area contributed by atoms with Crippen molar-refractivity contribution >= 4 is 21.9 Å². The smallest absolute Gasteiger partial charge is 0.141 e. The van der Waals surface area contributed by atoms with E-state index in [0.717, 1.165) is 27.7 Å². The molecule has 0 aliphatic carbocycles. The normalized spacial score (nSPS) is 11.0. The van der Waals surface area contributed by atoms with Crippen LogP contribution in [0.15, 0.2) is 30.7 Å². The van der Waals surface area contributed by atoms with Crippen molar-refractivity contribution in [3.05, 3.63) is 30.7 Å². The second-order valence-corrected chi connectivity index (χ2v) is 3.32. The molecule has 4 nitrogen and oxygen atoms in total. The molecule has 2 aromatic heterocycles. The molecule has 15 heavy (non-hydrogen) atoms. The lowest BCUT2D eigenvalue weighted by Crippen LogP contribution is -1.80. The topological polar surface area (TPSA) is 50.8 Å². The molecule has 4 heteroatoms. The first-order valence-electron chi connectivity index (χ1n) is 4.64. The average molecular weight is 199 g/mol. The van der Waals surface area contributed by atoms with Gasteiger partial charge in [0.15, 0.2) is 0 Å². The summed E-state index contributed by atoms with van der Waals surface area (Å²) in [6.45, 7) is 0. The lowest BCUT2D eigenvalue weighted by atomic mass is 10.2. The van der Waals surface area contributed by atoms with E-state index < -0.39 is 0 Å². The molecule has 0 saturated carbocycles. The summed E-state index contributed by atoms with van der Waals surface area (Å²) in [4.78, 5) is 11.4. The van der Waals surface area contributed by atoms with E-state index in [-0.39, 0.29) is 0 Å². The number of aromatic nitrogens is 3. The van der Waals surface area contributed by atoms with Crippen LogP contribution in [0.2, 0.25) is 0 Å². The van der Waals surface area contributed by atoms with Gasteiger partial charge in [0.2, 0.25) is 0 Å². The number of fused-ring (bicyclic) bond motifs is 3. The first-order valence-corrected chi connectivity index (χ1v) is 4.64. The van der Waals surface area contributed by atoms with Crippen LogP contribution >= 0.6 is 0 Å². The number of hydrogen-bond donors (Lipinski definition) is 1. The van der Waals surface area contributed by atoms with Crippen LogP contribution in [0.4, 0.5) is 0 Å². The van der Waals surface area contributed by atoms with Gasteiger partial charge in [0, 0.05) is 22.5 Å². The molecule has 0 spiro atoms. The fourth-order valence-corrected chi connectivity index (χ4v) is 1.74. The Labute approximate surface area is 85.9 Å². The van der Waals surface area contributed by atoms with Gasteiger partial charge in [0.1, 0.15) is 17.7 Å². The summed E-state index contributed by atoms with van der Waals surface area (Å²) in [7, 11) is 1.66. The Morgan fingerprint density at radius 2 is 2.20 bits per heavy atom. The maximum atomic E-state index is 5.19. The second kappa shape index (κ2) is 2.95. The quantitative estimate of drug-likeness (QED) is 0.653. The van der Waals surface area contributed by atoms with Gasteiger partial charge in [-0.1, -0.05) is 0 Å². The largest absolute Gasteiger partial charge is 0.497 e. The van der Waals surface area contributed by atoms with Crippen molar-refractivity contribution in [2.45, 2.75) is 0 Å². The highest BCUT2D eigenvalue weighted by atomic mass is 16.5. The minimum Gasteiger partial charge on any atom is -0.497 e. The van der Waals surface area contributed by atoms with Gasteiger partial charge in [-0.15, -0.1) is 0 Å². The number of benzene rings is 1. The molecule has 0 fully saturated rings. The van der Waals surface area contributed by atoms with Crippen LogP contribution in [0.3, 0.4) is 0 Å². The zero-order valence-electron chi connectivity index (χ0n) is 8.19. The number of hydrogen-bond acceptors (Lipinski definition) is 3. The molecule has 0 bridgehead atoms. The Morgan fingerprint density at radius 1 is 1.27 bits per heavy atom. The van der Waals surface area contributed by atoms with Crippen LogP contribution in [0, 0.1) is 0 Å². The Morgan fingerprint density at radius 3 is 3.07 bits per heavy atom. The van der Waals surface area contributed by atoms with Crippen molar-refractivity contribution < 1.29 is 4.74 Å². The van der Waals surface area contributed by atoms with E-state index in [1.165, 1.54) is 6.33 Å². The summed E-state index contributed by atoms with van der Waals surface area (Å²) in [6.07, 6.45) is 3.34. The molecule has 0 unspecified atom stereocenters. The number of nitrogens with zero attached hydrogens (tertiary/aromatic N) is 2. The molecule has 1 N–H and O–H groups in total. The van der Waals surface area contributed by atoms with Crippen molar-refractivity contribution in [3.63, 3.8) is 0 Å². The maximum Gasteiger partial charge on any atom is 0.141 e. The Kier molecular flexibility index (Phi) is 1.62. The van der Waals surface area contributed by atoms with E-state index >= 15 is 0 Å². The molecule has 0 atom stereocenters. The molecule has 3 aromatic rings. The molecule has 0 aliphatic heterocycles. The van der Waals surface area contributed by atoms with E-state index in [2.05, 4.69) is 15.0 Å². The SMILES string of the molecule is COc1ccc2[nH]c3ncncc3c2c1. The van der Waals surface area contributed by atoms with Gasteiger partial charge in [-0.05, 0) is 18.2 Å². The monoisotopic (exact) mass is 199 g/mol. The van der Waals surface area contributed by atoms with Gasteiger partial charge in [-0.2, -0.15) is 0 Å². The molecule has 2 heterocycles. The first-order chi connectivity index (χ1) is 7.38. The Bertz CT molecular complexity index is 630. The number of rotatable bonds is 1. The lowest BCUT2D eigenvalue weighted by Gasteiger charge is -1.98. The molecule has 74 valence electrons. The van der Waals surface area contributed by atoms with E-state index in [9.17, 15) is 0 Å². The van der Waals surface area contributed by atoms with E-state index in [0.29, 0.717) is 0 Å². The third kappa shape index (κ3) is 1.15. The molecule has 0 amide bonds. The summed E-state index contributed by atoms with van der Waals surface area (Å²) < 4.78 is 5.19. The van der Waals surface area contributed by atoms with Crippen molar-refractivity contribution in [1.82, 2.24) is 15.0 Å². The molecular weight excluding hydrogens is 190 g/mol. The molecular formula is C11H9N3O. The highest BCUT2D eigenvalue weighted by molar-refractivity contribution is 6.05. The van der Waals surface area contributed by atoms with Gasteiger partial charge < -0.3 is 9.72 Å². The minimum absolute atomic E-state index is 0.840. The number of nitrogens with one attached hydrogen (secondary N) is 1. The van der Waals surface area contributed by atoms with Gasteiger partial charge in [0.05, 0.1) is 7.11 Å². The van der Waals surface area contributed by atoms with Gasteiger partial charge >= 0.3 is 0 Å². The summed E-state index contributed by atoms with van der Waals surface area (Å²) in [5.41, 5.74) is 1.90. The predicted molar refractivity (Wildman–Crippen MR) is 57.9 cm³/mol. The van der Waals surface area contributed by atoms with E-state index in [1.807, 2.05) is 18.2 Å². The molecule has 0 radical (unpaired) electrons. The third-order valence-electron chi connectivity index (χ3n) is 2.48. The van der Waals surface area contributed by atoms with Crippen molar-refractivity contribution in [1.29, 1.82) is 0 Å².